The second-order valence-electron chi connectivity index (χ2n) is 6.36. The predicted molar refractivity (Wildman–Crippen MR) is 129 cm³/mol. The molecule has 0 spiro atoms. The minimum absolute atomic E-state index is 0. The number of anilines is 2. The van der Waals surface area contributed by atoms with Gasteiger partial charge in [-0.05, 0) is 47.8 Å². The number of hydrogen-bond acceptors (Lipinski definition) is 5. The molecule has 0 aliphatic carbocycles. The standard InChI is InChI=1S/C20H14Br4N4O.Pt/c1-25-3-5-27(11-25)17-9-19(15(23)7-13(17)21)29-20-10-18(14(22)8-16(20)24)28-6-4-26(2)12-28;/h3-8,11-12H,1-2H3;/q-4;+4. The minimum Gasteiger partial charge on any atom is -0.510 e. The smallest absolute Gasteiger partial charge is 0.510 e. The van der Waals surface area contributed by atoms with Crippen LogP contribution in [0.15, 0.2) is 54.8 Å². The van der Waals surface area contributed by atoms with Crippen molar-refractivity contribution in [3.8, 4) is 11.5 Å². The van der Waals surface area contributed by atoms with Crippen molar-refractivity contribution in [2.45, 2.75) is 0 Å². The van der Waals surface area contributed by atoms with Crippen molar-refractivity contribution in [2.24, 2.45) is 0 Å². The van der Waals surface area contributed by atoms with Crippen LogP contribution < -0.4 is 14.5 Å². The molecule has 2 aliphatic rings. The number of benzene rings is 2. The van der Waals surface area contributed by atoms with E-state index in [-0.39, 0.29) is 21.1 Å². The summed E-state index contributed by atoms with van der Waals surface area (Å²) in [6.45, 7) is 3.92. The molecule has 2 aliphatic heterocycles. The first-order valence-corrected chi connectivity index (χ1v) is 11.6. The fourth-order valence-corrected chi connectivity index (χ4v) is 5.23. The summed E-state index contributed by atoms with van der Waals surface area (Å²) in [5.74, 6) is 1.12. The van der Waals surface area contributed by atoms with Gasteiger partial charge in [0.15, 0.2) is 0 Å². The molecule has 0 aromatic heterocycles. The van der Waals surface area contributed by atoms with Crippen molar-refractivity contribution >= 4 is 75.1 Å². The van der Waals surface area contributed by atoms with E-state index in [0.29, 0.717) is 11.5 Å². The number of ether oxygens (including phenoxy) is 1. The van der Waals surface area contributed by atoms with Crippen LogP contribution in [0.5, 0.6) is 11.5 Å². The Hall–Kier alpha value is -0.472. The van der Waals surface area contributed by atoms with Gasteiger partial charge in [0.1, 0.15) is 0 Å². The predicted octanol–water partition coefficient (Wildman–Crippen LogP) is 6.81. The summed E-state index contributed by atoms with van der Waals surface area (Å²) < 4.78 is 9.55. The third kappa shape index (κ3) is 5.12. The van der Waals surface area contributed by atoms with Crippen molar-refractivity contribution in [2.75, 3.05) is 23.9 Å². The van der Waals surface area contributed by atoms with Crippen LogP contribution in [0, 0.1) is 25.5 Å². The molecule has 0 saturated heterocycles. The molecule has 0 N–H and O–H groups in total. The third-order valence-corrected chi connectivity index (χ3v) is 6.50. The molecule has 2 aromatic carbocycles. The van der Waals surface area contributed by atoms with Crippen LogP contribution in [0.1, 0.15) is 0 Å². The average molecular weight is 841 g/mol. The van der Waals surface area contributed by atoms with Crippen LogP contribution in [0.3, 0.4) is 0 Å². The van der Waals surface area contributed by atoms with Crippen LogP contribution in [0.4, 0.5) is 11.4 Å². The van der Waals surface area contributed by atoms with Gasteiger partial charge in [0.25, 0.3) is 0 Å². The topological polar surface area (TPSA) is 22.2 Å². The van der Waals surface area contributed by atoms with Crippen molar-refractivity contribution in [3.05, 3.63) is 80.3 Å². The first kappa shape index (κ1) is 24.2. The fraction of sp³-hybridized carbons (Fsp3) is 0.100. The third-order valence-electron chi connectivity index (χ3n) is 4.12. The normalized spacial score (nSPS) is 15.3. The number of halogens is 4. The zero-order valence-corrected chi connectivity index (χ0v) is 24.3. The second-order valence-corrected chi connectivity index (χ2v) is 9.78. The van der Waals surface area contributed by atoms with Crippen LogP contribution in [-0.4, -0.2) is 23.9 Å². The maximum absolute atomic E-state index is 6.20. The molecule has 0 saturated carbocycles. The van der Waals surface area contributed by atoms with E-state index < -0.39 is 0 Å². The summed E-state index contributed by atoms with van der Waals surface area (Å²) in [5.41, 5.74) is 1.68. The van der Waals surface area contributed by atoms with E-state index in [9.17, 15) is 0 Å². The zero-order chi connectivity index (χ0) is 20.7. The molecule has 5 nitrogen and oxygen atoms in total. The first-order chi connectivity index (χ1) is 13.8. The summed E-state index contributed by atoms with van der Waals surface area (Å²) in [7, 11) is 3.94. The Labute approximate surface area is 224 Å². The van der Waals surface area contributed by atoms with Crippen LogP contribution >= 0.6 is 63.7 Å². The number of rotatable bonds is 4. The van der Waals surface area contributed by atoms with Gasteiger partial charge in [0, 0.05) is 11.5 Å². The maximum atomic E-state index is 6.20. The fourth-order valence-electron chi connectivity index (χ4n) is 2.74. The molecule has 4 rings (SSSR count). The summed E-state index contributed by atoms with van der Waals surface area (Å²) in [6.07, 6.45) is 7.84. The Bertz CT molecular complexity index is 937. The second kappa shape index (κ2) is 9.99. The van der Waals surface area contributed by atoms with Gasteiger partial charge in [-0.3, -0.25) is 0 Å². The summed E-state index contributed by atoms with van der Waals surface area (Å²) in [6, 6.07) is 10.6. The average Bonchev–Trinajstić information content (AvgIpc) is 3.27. The largest absolute Gasteiger partial charge is 4.00 e. The van der Waals surface area contributed by atoms with Crippen LogP contribution in [0.2, 0.25) is 0 Å². The van der Waals surface area contributed by atoms with E-state index in [0.717, 1.165) is 29.3 Å². The van der Waals surface area contributed by atoms with Gasteiger partial charge >= 0.3 is 21.1 Å². The van der Waals surface area contributed by atoms with Gasteiger partial charge in [-0.2, -0.15) is 13.3 Å². The minimum atomic E-state index is 0. The van der Waals surface area contributed by atoms with Gasteiger partial charge in [-0.25, -0.2) is 0 Å². The van der Waals surface area contributed by atoms with Crippen molar-refractivity contribution in [1.82, 2.24) is 9.80 Å². The Morgan fingerprint density at radius 1 is 0.700 bits per heavy atom. The first-order valence-electron chi connectivity index (χ1n) is 8.39. The zero-order valence-electron chi connectivity index (χ0n) is 15.6. The van der Waals surface area contributed by atoms with Gasteiger partial charge < -0.3 is 24.3 Å². The molecule has 0 fully saturated rings. The maximum Gasteiger partial charge on any atom is 4.00 e. The van der Waals surface area contributed by atoms with Crippen molar-refractivity contribution < 1.29 is 25.8 Å². The summed E-state index contributed by atoms with van der Waals surface area (Å²) in [4.78, 5) is 7.86. The van der Waals surface area contributed by atoms with Crippen molar-refractivity contribution in [3.63, 3.8) is 0 Å². The van der Waals surface area contributed by atoms with E-state index in [1.807, 2.05) is 84.0 Å². The molecule has 0 bridgehead atoms. The molecular formula is C20H14Br4N4OPt. The molecule has 0 unspecified atom stereocenters. The van der Waals surface area contributed by atoms with E-state index >= 15 is 0 Å². The Balaban J connectivity index is 0.00000256. The molecule has 10 heteroatoms. The van der Waals surface area contributed by atoms with Gasteiger partial charge in [-0.15, -0.1) is 88.0 Å². The Morgan fingerprint density at radius 2 is 1.10 bits per heavy atom. The molecule has 158 valence electrons. The summed E-state index contributed by atoms with van der Waals surface area (Å²) in [5, 5.41) is 0. The van der Waals surface area contributed by atoms with E-state index in [1.54, 1.807) is 0 Å². The molecule has 0 radical (unpaired) electrons. The molecule has 2 heterocycles. The molecule has 0 amide bonds. The quantitative estimate of drug-likeness (QED) is 0.315. The monoisotopic (exact) mass is 837 g/mol. The van der Waals surface area contributed by atoms with E-state index in [4.69, 9.17) is 4.74 Å². The Morgan fingerprint density at radius 3 is 1.43 bits per heavy atom. The van der Waals surface area contributed by atoms with Crippen LogP contribution in [-0.2, 0) is 21.1 Å². The molecule has 0 atom stereocenters. The van der Waals surface area contributed by atoms with E-state index in [2.05, 4.69) is 75.9 Å². The van der Waals surface area contributed by atoms with Gasteiger partial charge in [-0.1, -0.05) is 20.3 Å². The molecule has 30 heavy (non-hydrogen) atoms. The number of nitrogens with zero attached hydrogens (tertiary/aromatic N) is 4. The van der Waals surface area contributed by atoms with E-state index in [1.165, 1.54) is 0 Å². The number of hydrogen-bond donors (Lipinski definition) is 0. The molecule has 2 aromatic rings. The summed E-state index contributed by atoms with van der Waals surface area (Å²) >= 11 is 14.4. The molecular weight excluding hydrogens is 827 g/mol. The van der Waals surface area contributed by atoms with Gasteiger partial charge in [0.2, 0.25) is 0 Å². The SMILES string of the molecule is CN1C=CN(c2[c-]c(Oc3[c-]c(N4C=CN(C)[CH-]4)c(Br)cc3Br)c(Br)cc2Br)[CH-]1.[Pt+4]. The van der Waals surface area contributed by atoms with Gasteiger partial charge in [0.05, 0.1) is 0 Å². The Kier molecular flexibility index (Phi) is 8.05. The van der Waals surface area contributed by atoms with Crippen LogP contribution in [0.25, 0.3) is 0 Å². The van der Waals surface area contributed by atoms with Crippen molar-refractivity contribution in [1.29, 1.82) is 0 Å².